The van der Waals surface area contributed by atoms with E-state index >= 15 is 0 Å². The summed E-state index contributed by atoms with van der Waals surface area (Å²) < 4.78 is 6.43. The summed E-state index contributed by atoms with van der Waals surface area (Å²) in [5, 5.41) is 4.19. The number of pyridine rings is 1. The van der Waals surface area contributed by atoms with E-state index in [1.165, 1.54) is 0 Å². The molecule has 1 N–H and O–H groups in total. The minimum Gasteiger partial charge on any atom is -0.491 e. The second kappa shape index (κ2) is 12.3. The third kappa shape index (κ3) is 6.29. The van der Waals surface area contributed by atoms with E-state index < -0.39 is 0 Å². The molecule has 5 nitrogen and oxygen atoms in total. The first-order chi connectivity index (χ1) is 17.6. The normalized spacial score (nSPS) is 12.0. The fourth-order valence-electron chi connectivity index (χ4n) is 4.45. The van der Waals surface area contributed by atoms with Gasteiger partial charge in [0.2, 0.25) is 5.91 Å². The zero-order valence-corrected chi connectivity index (χ0v) is 21.4. The van der Waals surface area contributed by atoms with E-state index in [1.807, 2.05) is 72.8 Å². The van der Waals surface area contributed by atoms with E-state index in [2.05, 4.69) is 43.4 Å². The zero-order valence-electron chi connectivity index (χ0n) is 21.4. The Morgan fingerprint density at radius 3 is 2.31 bits per heavy atom. The molecular weight excluding hydrogens is 446 g/mol. The Morgan fingerprint density at radius 2 is 1.61 bits per heavy atom. The Labute approximate surface area is 214 Å². The lowest BCUT2D eigenvalue weighted by molar-refractivity contribution is -0.121. The lowest BCUT2D eigenvalue weighted by atomic mass is 9.99. The van der Waals surface area contributed by atoms with Crippen LogP contribution in [0.5, 0.6) is 5.75 Å². The Bertz CT molecular complexity index is 1270. The zero-order chi connectivity index (χ0) is 25.3. The highest BCUT2D eigenvalue weighted by atomic mass is 16.5. The molecule has 3 aromatic carbocycles. The number of nitrogens with zero attached hydrogens (tertiary/aromatic N) is 2. The van der Waals surface area contributed by atoms with Crippen molar-refractivity contribution in [2.24, 2.45) is 0 Å². The van der Waals surface area contributed by atoms with Crippen molar-refractivity contribution in [3.63, 3.8) is 0 Å². The van der Waals surface area contributed by atoms with Gasteiger partial charge in [0.05, 0.1) is 24.6 Å². The number of carbonyl (C=O) groups is 1. The van der Waals surface area contributed by atoms with E-state index in [1.54, 1.807) is 0 Å². The fourth-order valence-corrected chi connectivity index (χ4v) is 4.45. The number of nitrogens with one attached hydrogen (secondary N) is 1. The molecule has 0 bridgehead atoms. The van der Waals surface area contributed by atoms with Crippen LogP contribution >= 0.6 is 0 Å². The summed E-state index contributed by atoms with van der Waals surface area (Å²) in [6.07, 6.45) is 1.91. The minimum atomic E-state index is -0.0372. The van der Waals surface area contributed by atoms with Crippen LogP contribution in [0.4, 0.5) is 0 Å². The van der Waals surface area contributed by atoms with Crippen molar-refractivity contribution in [2.45, 2.75) is 32.2 Å². The molecule has 1 heterocycles. The Balaban J connectivity index is 1.72. The molecular formula is C31H35N3O2. The van der Waals surface area contributed by atoms with E-state index in [-0.39, 0.29) is 18.4 Å². The van der Waals surface area contributed by atoms with Crippen molar-refractivity contribution < 1.29 is 9.53 Å². The lowest BCUT2D eigenvalue weighted by Gasteiger charge is -2.21. The number of rotatable bonds is 11. The molecule has 0 unspecified atom stereocenters. The largest absolute Gasteiger partial charge is 0.491 e. The van der Waals surface area contributed by atoms with E-state index in [0.29, 0.717) is 12.4 Å². The van der Waals surface area contributed by atoms with Crippen LogP contribution in [-0.2, 0) is 11.2 Å². The van der Waals surface area contributed by atoms with Gasteiger partial charge in [-0.15, -0.1) is 0 Å². The summed E-state index contributed by atoms with van der Waals surface area (Å²) in [5.74, 6) is 0.667. The van der Waals surface area contributed by atoms with Gasteiger partial charge < -0.3 is 15.0 Å². The van der Waals surface area contributed by atoms with Crippen LogP contribution in [0, 0.1) is 0 Å². The second-order valence-electron chi connectivity index (χ2n) is 9.27. The third-order valence-corrected chi connectivity index (χ3v) is 6.28. The topological polar surface area (TPSA) is 54.5 Å². The fraction of sp³-hybridized carbons (Fsp3) is 0.290. The van der Waals surface area contributed by atoms with Gasteiger partial charge in [0.15, 0.2) is 0 Å². The molecule has 0 aliphatic carbocycles. The summed E-state index contributed by atoms with van der Waals surface area (Å²) in [4.78, 5) is 20.6. The van der Waals surface area contributed by atoms with Gasteiger partial charge in [-0.1, -0.05) is 85.8 Å². The summed E-state index contributed by atoms with van der Waals surface area (Å²) >= 11 is 0. The number of ether oxygens (including phenoxy) is 1. The van der Waals surface area contributed by atoms with Crippen LogP contribution in [0.3, 0.4) is 0 Å². The maximum absolute atomic E-state index is 13.4. The summed E-state index contributed by atoms with van der Waals surface area (Å²) in [6, 6.07) is 28.1. The van der Waals surface area contributed by atoms with Crippen molar-refractivity contribution in [1.29, 1.82) is 0 Å². The molecule has 0 saturated carbocycles. The van der Waals surface area contributed by atoms with Gasteiger partial charge in [0.25, 0.3) is 0 Å². The lowest BCUT2D eigenvalue weighted by Crippen LogP contribution is -2.29. The van der Waals surface area contributed by atoms with Crippen LogP contribution in [0.2, 0.25) is 0 Å². The maximum Gasteiger partial charge on any atom is 0.225 e. The van der Waals surface area contributed by atoms with E-state index in [0.717, 1.165) is 52.7 Å². The van der Waals surface area contributed by atoms with Crippen LogP contribution in [0.25, 0.3) is 22.2 Å². The van der Waals surface area contributed by atoms with Crippen LogP contribution in [0.1, 0.15) is 36.9 Å². The number of carbonyl (C=O) groups excluding carboxylic acids is 1. The average Bonchev–Trinajstić information content (AvgIpc) is 2.91. The summed E-state index contributed by atoms with van der Waals surface area (Å²) in [5.41, 5.74) is 4.60. The summed E-state index contributed by atoms with van der Waals surface area (Å²) in [7, 11) is 4.11. The van der Waals surface area contributed by atoms with Gasteiger partial charge in [-0.25, -0.2) is 4.98 Å². The molecule has 5 heteroatoms. The summed E-state index contributed by atoms with van der Waals surface area (Å²) in [6.45, 7) is 3.56. The Morgan fingerprint density at radius 1 is 0.944 bits per heavy atom. The number of para-hydroxylation sites is 1. The molecule has 0 saturated heterocycles. The van der Waals surface area contributed by atoms with Gasteiger partial charge >= 0.3 is 0 Å². The number of aromatic nitrogens is 1. The quantitative estimate of drug-likeness (QED) is 0.265. The smallest absolute Gasteiger partial charge is 0.225 e. The first-order valence-corrected chi connectivity index (χ1v) is 12.7. The molecule has 186 valence electrons. The van der Waals surface area contributed by atoms with Crippen molar-refractivity contribution >= 4 is 16.8 Å². The Kier molecular flexibility index (Phi) is 8.69. The first-order valence-electron chi connectivity index (χ1n) is 12.7. The number of hydrogen-bond acceptors (Lipinski definition) is 4. The highest BCUT2D eigenvalue weighted by molar-refractivity contribution is 5.93. The van der Waals surface area contributed by atoms with E-state index in [4.69, 9.17) is 9.72 Å². The molecule has 0 aliphatic rings. The first kappa shape index (κ1) is 25.4. The molecule has 4 aromatic rings. The maximum atomic E-state index is 13.4. The van der Waals surface area contributed by atoms with Crippen molar-refractivity contribution in [3.8, 4) is 17.0 Å². The highest BCUT2D eigenvalue weighted by Crippen LogP contribution is 2.37. The van der Waals surface area contributed by atoms with Crippen LogP contribution < -0.4 is 10.1 Å². The third-order valence-electron chi connectivity index (χ3n) is 6.28. The highest BCUT2D eigenvalue weighted by Gasteiger charge is 2.21. The molecule has 0 aliphatic heterocycles. The number of benzene rings is 3. The average molecular weight is 482 g/mol. The van der Waals surface area contributed by atoms with Crippen molar-refractivity contribution in [2.75, 3.05) is 27.2 Å². The molecule has 0 spiro atoms. The van der Waals surface area contributed by atoms with E-state index in [9.17, 15) is 4.79 Å². The minimum absolute atomic E-state index is 0.0285. The van der Waals surface area contributed by atoms with Gasteiger partial charge in [-0.2, -0.15) is 0 Å². The van der Waals surface area contributed by atoms with Crippen LogP contribution in [0.15, 0.2) is 84.9 Å². The van der Waals surface area contributed by atoms with Gasteiger partial charge in [-0.05, 0) is 38.6 Å². The number of fused-ring (bicyclic) bond motifs is 1. The standard InChI is InChI=1S/C31H35N3O2/c1-4-27(23-14-7-5-8-15-23)32-29(35)22-26-25-18-11-12-19-28(25)33-30(24-16-9-6-10-17-24)31(26)36-21-13-20-34(2)3/h5-12,14-19,27H,4,13,20-22H2,1-3H3,(H,32,35)/t27-/m0/s1. The molecule has 4 rings (SSSR count). The van der Waals surface area contributed by atoms with Gasteiger partial charge in [-0.3, -0.25) is 4.79 Å². The Hall–Kier alpha value is -3.70. The second-order valence-corrected chi connectivity index (χ2v) is 9.27. The van der Waals surface area contributed by atoms with Gasteiger partial charge in [0.1, 0.15) is 11.4 Å². The molecule has 0 fully saturated rings. The number of amides is 1. The van der Waals surface area contributed by atoms with Crippen LogP contribution in [-0.4, -0.2) is 43.0 Å². The predicted octanol–water partition coefficient (Wildman–Crippen LogP) is 6.04. The molecule has 1 atom stereocenters. The molecule has 1 amide bonds. The molecule has 36 heavy (non-hydrogen) atoms. The molecule has 1 aromatic heterocycles. The van der Waals surface area contributed by atoms with Crippen molar-refractivity contribution in [1.82, 2.24) is 15.2 Å². The van der Waals surface area contributed by atoms with Gasteiger partial charge in [0, 0.05) is 23.1 Å². The predicted molar refractivity (Wildman–Crippen MR) is 147 cm³/mol. The number of hydrogen-bond donors (Lipinski definition) is 1. The van der Waals surface area contributed by atoms with Crippen molar-refractivity contribution in [3.05, 3.63) is 96.1 Å². The molecule has 0 radical (unpaired) electrons. The SMILES string of the molecule is CC[C@H](NC(=O)Cc1c(OCCCN(C)C)c(-c2ccccc2)nc2ccccc12)c1ccccc1. The monoisotopic (exact) mass is 481 g/mol.